The van der Waals surface area contributed by atoms with Gasteiger partial charge < -0.3 is 10.6 Å². The van der Waals surface area contributed by atoms with Crippen molar-refractivity contribution in [3.8, 4) is 0 Å². The zero-order chi connectivity index (χ0) is 19.6. The zero-order valence-electron chi connectivity index (χ0n) is 16.5. The highest BCUT2D eigenvalue weighted by molar-refractivity contribution is 6.03. The predicted octanol–water partition coefficient (Wildman–Crippen LogP) is 4.76. The van der Waals surface area contributed by atoms with Gasteiger partial charge in [-0.25, -0.2) is 0 Å². The third-order valence-electron chi connectivity index (χ3n) is 5.11. The summed E-state index contributed by atoms with van der Waals surface area (Å²) in [5, 5.41) is 5.84. The van der Waals surface area contributed by atoms with Crippen LogP contribution < -0.4 is 10.6 Å². The quantitative estimate of drug-likeness (QED) is 0.803. The Morgan fingerprint density at radius 1 is 0.852 bits per heavy atom. The first-order valence-corrected chi connectivity index (χ1v) is 9.59. The highest BCUT2D eigenvalue weighted by atomic mass is 16.2. The van der Waals surface area contributed by atoms with E-state index in [1.165, 1.54) is 11.1 Å². The van der Waals surface area contributed by atoms with Crippen LogP contribution in [0.25, 0.3) is 0 Å². The Balaban J connectivity index is 1.52. The summed E-state index contributed by atoms with van der Waals surface area (Å²) in [6.07, 6.45) is 1.57. The van der Waals surface area contributed by atoms with Gasteiger partial charge in [0.1, 0.15) is 0 Å². The smallest absolute Gasteiger partial charge is 0.228 e. The molecule has 27 heavy (non-hydrogen) atoms. The summed E-state index contributed by atoms with van der Waals surface area (Å²) in [6.45, 7) is 8.56. The standard InChI is InChI=1S/C23H28N2O2/c1-5-15-6-10-17(11-7-15)24-21(26)19-14-20(19)22(27)25-18-12-8-16(9-13-18)23(2,3)4/h6-13,19-20H,5,14H2,1-4H3,(H,24,26)(H,25,27). The first-order valence-electron chi connectivity index (χ1n) is 9.59. The van der Waals surface area contributed by atoms with Crippen molar-refractivity contribution in [3.05, 3.63) is 59.7 Å². The second-order valence-corrected chi connectivity index (χ2v) is 8.31. The Bertz CT molecular complexity index is 817. The fourth-order valence-corrected chi connectivity index (χ4v) is 3.12. The van der Waals surface area contributed by atoms with Crippen LogP contribution in [0.15, 0.2) is 48.5 Å². The fourth-order valence-electron chi connectivity index (χ4n) is 3.12. The van der Waals surface area contributed by atoms with Crippen LogP contribution in [0.3, 0.4) is 0 Å². The first-order chi connectivity index (χ1) is 12.8. The molecule has 1 saturated carbocycles. The molecule has 2 unspecified atom stereocenters. The lowest BCUT2D eigenvalue weighted by molar-refractivity contribution is -0.122. The van der Waals surface area contributed by atoms with Gasteiger partial charge in [0.25, 0.3) is 0 Å². The van der Waals surface area contributed by atoms with Crippen molar-refractivity contribution < 1.29 is 9.59 Å². The molecule has 0 aliphatic heterocycles. The Morgan fingerprint density at radius 3 is 1.70 bits per heavy atom. The molecule has 2 amide bonds. The van der Waals surface area contributed by atoms with Gasteiger partial charge in [0.05, 0.1) is 11.8 Å². The van der Waals surface area contributed by atoms with Crippen molar-refractivity contribution in [1.82, 2.24) is 0 Å². The summed E-state index contributed by atoms with van der Waals surface area (Å²) in [5.41, 5.74) is 4.08. The Kier molecular flexibility index (Phi) is 5.36. The molecule has 1 fully saturated rings. The van der Waals surface area contributed by atoms with Gasteiger partial charge in [-0.05, 0) is 53.6 Å². The Labute approximate surface area is 161 Å². The average Bonchev–Trinajstić information content (AvgIpc) is 3.43. The number of aryl methyl sites for hydroxylation is 1. The van der Waals surface area contributed by atoms with Gasteiger partial charge >= 0.3 is 0 Å². The van der Waals surface area contributed by atoms with E-state index in [1.807, 2.05) is 48.5 Å². The molecule has 0 spiro atoms. The molecule has 1 aliphatic carbocycles. The van der Waals surface area contributed by atoms with Crippen LogP contribution in [0.5, 0.6) is 0 Å². The van der Waals surface area contributed by atoms with Gasteiger partial charge in [-0.1, -0.05) is 52.0 Å². The molecule has 0 radical (unpaired) electrons. The Morgan fingerprint density at radius 2 is 1.30 bits per heavy atom. The highest BCUT2D eigenvalue weighted by Gasteiger charge is 2.48. The van der Waals surface area contributed by atoms with Gasteiger partial charge in [0.15, 0.2) is 0 Å². The molecular formula is C23H28N2O2. The fraction of sp³-hybridized carbons (Fsp3) is 0.391. The van der Waals surface area contributed by atoms with Crippen molar-refractivity contribution in [2.45, 2.75) is 46.0 Å². The van der Waals surface area contributed by atoms with Crippen molar-refractivity contribution in [3.63, 3.8) is 0 Å². The number of carbonyl (C=O) groups is 2. The predicted molar refractivity (Wildman–Crippen MR) is 110 cm³/mol. The summed E-state index contributed by atoms with van der Waals surface area (Å²) in [6, 6.07) is 15.7. The highest BCUT2D eigenvalue weighted by Crippen LogP contribution is 2.40. The monoisotopic (exact) mass is 364 g/mol. The van der Waals surface area contributed by atoms with Crippen molar-refractivity contribution >= 4 is 23.2 Å². The molecule has 2 atom stereocenters. The van der Waals surface area contributed by atoms with E-state index in [0.717, 1.165) is 17.8 Å². The first kappa shape index (κ1) is 19.2. The molecule has 142 valence electrons. The number of rotatable bonds is 5. The molecule has 1 aliphatic rings. The van der Waals surface area contributed by atoms with Crippen LogP contribution in [0.1, 0.15) is 45.2 Å². The topological polar surface area (TPSA) is 58.2 Å². The van der Waals surface area contributed by atoms with Crippen LogP contribution in [0.2, 0.25) is 0 Å². The molecule has 0 heterocycles. The summed E-state index contributed by atoms with van der Waals surface area (Å²) in [4.78, 5) is 24.8. The number of benzene rings is 2. The molecule has 4 heteroatoms. The van der Waals surface area contributed by atoms with Crippen LogP contribution >= 0.6 is 0 Å². The van der Waals surface area contributed by atoms with Crippen LogP contribution in [0.4, 0.5) is 11.4 Å². The van der Waals surface area contributed by atoms with Crippen molar-refractivity contribution in [1.29, 1.82) is 0 Å². The maximum absolute atomic E-state index is 12.4. The van der Waals surface area contributed by atoms with Gasteiger partial charge in [-0.3, -0.25) is 9.59 Å². The van der Waals surface area contributed by atoms with Gasteiger partial charge in [0.2, 0.25) is 11.8 Å². The molecular weight excluding hydrogens is 336 g/mol. The minimum absolute atomic E-state index is 0.0809. The summed E-state index contributed by atoms with van der Waals surface area (Å²) in [7, 11) is 0. The van der Waals surface area contributed by atoms with E-state index in [4.69, 9.17) is 0 Å². The third-order valence-corrected chi connectivity index (χ3v) is 5.11. The summed E-state index contributed by atoms with van der Waals surface area (Å²) in [5.74, 6) is -0.658. The van der Waals surface area contributed by atoms with Crippen LogP contribution in [-0.4, -0.2) is 11.8 Å². The minimum atomic E-state index is -0.248. The molecule has 2 aromatic rings. The lowest BCUT2D eigenvalue weighted by atomic mass is 9.87. The largest absolute Gasteiger partial charge is 0.326 e. The SMILES string of the molecule is CCc1ccc(NC(=O)C2CC2C(=O)Nc2ccc(C(C)(C)C)cc2)cc1. The van der Waals surface area contributed by atoms with Crippen molar-refractivity contribution in [2.75, 3.05) is 10.6 Å². The van der Waals surface area contributed by atoms with E-state index in [1.54, 1.807) is 0 Å². The molecule has 2 aromatic carbocycles. The second-order valence-electron chi connectivity index (χ2n) is 8.31. The molecule has 0 bridgehead atoms. The molecule has 2 N–H and O–H groups in total. The summed E-state index contributed by atoms with van der Waals surface area (Å²) < 4.78 is 0. The van der Waals surface area contributed by atoms with E-state index in [0.29, 0.717) is 6.42 Å². The van der Waals surface area contributed by atoms with Crippen LogP contribution in [-0.2, 0) is 21.4 Å². The normalized spacial score (nSPS) is 18.7. The number of hydrogen-bond acceptors (Lipinski definition) is 2. The lowest BCUT2D eigenvalue weighted by Gasteiger charge is -2.19. The van der Waals surface area contributed by atoms with E-state index < -0.39 is 0 Å². The molecule has 3 rings (SSSR count). The third kappa shape index (κ3) is 4.76. The average molecular weight is 364 g/mol. The van der Waals surface area contributed by atoms with Gasteiger partial charge in [0, 0.05) is 11.4 Å². The maximum atomic E-state index is 12.4. The number of hydrogen-bond donors (Lipinski definition) is 2. The zero-order valence-corrected chi connectivity index (χ0v) is 16.5. The lowest BCUT2D eigenvalue weighted by Crippen LogP contribution is -2.20. The van der Waals surface area contributed by atoms with Gasteiger partial charge in [-0.15, -0.1) is 0 Å². The van der Waals surface area contributed by atoms with Crippen molar-refractivity contribution in [2.24, 2.45) is 11.8 Å². The molecule has 4 nitrogen and oxygen atoms in total. The van der Waals surface area contributed by atoms with Crippen LogP contribution in [0, 0.1) is 11.8 Å². The maximum Gasteiger partial charge on any atom is 0.228 e. The van der Waals surface area contributed by atoms with E-state index >= 15 is 0 Å². The minimum Gasteiger partial charge on any atom is -0.326 e. The van der Waals surface area contributed by atoms with E-state index in [2.05, 4.69) is 38.3 Å². The molecule has 0 aromatic heterocycles. The van der Waals surface area contributed by atoms with E-state index in [9.17, 15) is 9.59 Å². The number of nitrogens with one attached hydrogen (secondary N) is 2. The Hall–Kier alpha value is -2.62. The number of anilines is 2. The molecule has 0 saturated heterocycles. The second kappa shape index (κ2) is 7.55. The van der Waals surface area contributed by atoms with E-state index in [-0.39, 0.29) is 29.1 Å². The number of amides is 2. The summed E-state index contributed by atoms with van der Waals surface area (Å²) >= 11 is 0. The number of carbonyl (C=O) groups excluding carboxylic acids is 2. The van der Waals surface area contributed by atoms with Gasteiger partial charge in [-0.2, -0.15) is 0 Å².